The highest BCUT2D eigenvalue weighted by Gasteiger charge is 2.13. The van der Waals surface area contributed by atoms with Gasteiger partial charge in [0.15, 0.2) is 0 Å². The van der Waals surface area contributed by atoms with Crippen LogP contribution >= 0.6 is 0 Å². The van der Waals surface area contributed by atoms with Gasteiger partial charge in [-0.05, 0) is 19.1 Å². The third-order valence-corrected chi connectivity index (χ3v) is 2.84. The zero-order chi connectivity index (χ0) is 14.5. The zero-order valence-electron chi connectivity index (χ0n) is 11.1. The molecule has 1 aromatic carbocycles. The molecule has 0 spiro atoms. The molecule has 0 unspecified atom stereocenters. The highest BCUT2D eigenvalue weighted by molar-refractivity contribution is 5.78. The highest BCUT2D eigenvalue weighted by Crippen LogP contribution is 2.23. The van der Waals surface area contributed by atoms with Crippen molar-refractivity contribution in [1.29, 1.82) is 0 Å². The average molecular weight is 276 g/mol. The van der Waals surface area contributed by atoms with Crippen LogP contribution in [0, 0.1) is 0 Å². The number of carboxylic acids is 1. The van der Waals surface area contributed by atoms with E-state index in [1.54, 1.807) is 6.92 Å². The Morgan fingerprint density at radius 3 is 2.80 bits per heavy atom. The van der Waals surface area contributed by atoms with Crippen molar-refractivity contribution in [2.24, 2.45) is 0 Å². The number of nitrogens with one attached hydrogen (secondary N) is 2. The second kappa shape index (κ2) is 6.10. The number of urea groups is 1. The van der Waals surface area contributed by atoms with Gasteiger partial charge in [-0.15, -0.1) is 0 Å². The molecule has 0 fully saturated rings. The fourth-order valence-electron chi connectivity index (χ4n) is 1.82. The molecule has 0 aliphatic rings. The molecule has 0 bridgehead atoms. The van der Waals surface area contributed by atoms with Crippen molar-refractivity contribution in [2.75, 3.05) is 6.54 Å². The van der Waals surface area contributed by atoms with Crippen molar-refractivity contribution in [3.05, 3.63) is 36.1 Å². The number of rotatable bonds is 5. The lowest BCUT2D eigenvalue weighted by atomic mass is 10.2. The molecule has 6 nitrogen and oxygen atoms in total. The molecule has 6 heteroatoms. The minimum Gasteiger partial charge on any atom is -0.481 e. The quantitative estimate of drug-likeness (QED) is 0.781. The first-order valence-corrected chi connectivity index (χ1v) is 6.31. The average Bonchev–Trinajstić information content (AvgIpc) is 2.82. The summed E-state index contributed by atoms with van der Waals surface area (Å²) in [7, 11) is 0. The number of para-hydroxylation sites is 1. The zero-order valence-corrected chi connectivity index (χ0v) is 11.1. The van der Waals surface area contributed by atoms with Crippen LogP contribution in [-0.2, 0) is 4.79 Å². The van der Waals surface area contributed by atoms with Crippen LogP contribution in [0.15, 0.2) is 34.7 Å². The van der Waals surface area contributed by atoms with E-state index >= 15 is 0 Å². The van der Waals surface area contributed by atoms with Crippen molar-refractivity contribution < 1.29 is 19.1 Å². The number of carbonyl (C=O) groups is 2. The first-order chi connectivity index (χ1) is 9.56. The maximum absolute atomic E-state index is 11.6. The molecule has 106 valence electrons. The molecule has 2 rings (SSSR count). The number of furan rings is 1. The molecule has 0 aliphatic carbocycles. The van der Waals surface area contributed by atoms with Gasteiger partial charge in [0.2, 0.25) is 0 Å². The van der Waals surface area contributed by atoms with E-state index in [4.69, 9.17) is 9.52 Å². The van der Waals surface area contributed by atoms with Crippen LogP contribution in [0.3, 0.4) is 0 Å². The van der Waals surface area contributed by atoms with Gasteiger partial charge in [-0.2, -0.15) is 0 Å². The van der Waals surface area contributed by atoms with Gasteiger partial charge in [0.05, 0.1) is 12.5 Å². The van der Waals surface area contributed by atoms with Crippen LogP contribution in [0.4, 0.5) is 4.79 Å². The molecule has 1 aromatic heterocycles. The fourth-order valence-corrected chi connectivity index (χ4v) is 1.82. The third-order valence-electron chi connectivity index (χ3n) is 2.84. The Hall–Kier alpha value is -2.50. The Morgan fingerprint density at radius 1 is 1.35 bits per heavy atom. The highest BCUT2D eigenvalue weighted by atomic mass is 16.4. The molecule has 2 aromatic rings. The lowest BCUT2D eigenvalue weighted by Crippen LogP contribution is -2.37. The van der Waals surface area contributed by atoms with Gasteiger partial charge in [0, 0.05) is 11.9 Å². The fraction of sp³-hybridized carbons (Fsp3) is 0.286. The smallest absolute Gasteiger partial charge is 0.315 e. The lowest BCUT2D eigenvalue weighted by molar-refractivity contribution is -0.136. The van der Waals surface area contributed by atoms with Gasteiger partial charge in [0.1, 0.15) is 11.3 Å². The van der Waals surface area contributed by atoms with Crippen LogP contribution in [0.25, 0.3) is 11.0 Å². The first kappa shape index (κ1) is 13.9. The summed E-state index contributed by atoms with van der Waals surface area (Å²) in [5.74, 6) is -0.296. The van der Waals surface area contributed by atoms with Gasteiger partial charge < -0.3 is 20.2 Å². The van der Waals surface area contributed by atoms with Gasteiger partial charge in [-0.25, -0.2) is 4.79 Å². The Morgan fingerprint density at radius 2 is 2.10 bits per heavy atom. The minimum atomic E-state index is -0.948. The van der Waals surface area contributed by atoms with Gasteiger partial charge in [-0.3, -0.25) is 4.79 Å². The van der Waals surface area contributed by atoms with E-state index in [9.17, 15) is 9.59 Å². The molecule has 2 amide bonds. The largest absolute Gasteiger partial charge is 0.481 e. The van der Waals surface area contributed by atoms with Crippen LogP contribution in [0.2, 0.25) is 0 Å². The Kier molecular flexibility index (Phi) is 4.24. The van der Waals surface area contributed by atoms with E-state index in [0.29, 0.717) is 5.76 Å². The maximum Gasteiger partial charge on any atom is 0.315 e. The van der Waals surface area contributed by atoms with Crippen LogP contribution in [0.5, 0.6) is 0 Å². The van der Waals surface area contributed by atoms with Crippen LogP contribution in [0.1, 0.15) is 25.1 Å². The van der Waals surface area contributed by atoms with E-state index in [-0.39, 0.29) is 19.0 Å². The van der Waals surface area contributed by atoms with Crippen molar-refractivity contribution in [2.45, 2.75) is 19.4 Å². The summed E-state index contributed by atoms with van der Waals surface area (Å²) < 4.78 is 5.64. The molecular formula is C14H16N2O4. The summed E-state index contributed by atoms with van der Waals surface area (Å²) in [6, 6.07) is 8.74. The summed E-state index contributed by atoms with van der Waals surface area (Å²) in [5, 5.41) is 14.6. The van der Waals surface area contributed by atoms with E-state index in [2.05, 4.69) is 10.6 Å². The lowest BCUT2D eigenvalue weighted by Gasteiger charge is -2.11. The maximum atomic E-state index is 11.6. The summed E-state index contributed by atoms with van der Waals surface area (Å²) in [6.45, 7) is 1.89. The van der Waals surface area contributed by atoms with E-state index in [1.807, 2.05) is 30.3 Å². The number of carboxylic acid groups (broad SMARTS) is 1. The predicted molar refractivity (Wildman–Crippen MR) is 73.4 cm³/mol. The monoisotopic (exact) mass is 276 g/mol. The Bertz CT molecular complexity index is 587. The van der Waals surface area contributed by atoms with E-state index in [0.717, 1.165) is 11.0 Å². The minimum absolute atomic E-state index is 0.0913. The number of fused-ring (bicyclic) bond motifs is 1. The molecule has 20 heavy (non-hydrogen) atoms. The van der Waals surface area contributed by atoms with Crippen LogP contribution in [-0.4, -0.2) is 23.7 Å². The number of hydrogen-bond donors (Lipinski definition) is 3. The van der Waals surface area contributed by atoms with Crippen molar-refractivity contribution >= 4 is 23.0 Å². The molecule has 0 radical (unpaired) electrons. The van der Waals surface area contributed by atoms with Gasteiger partial charge in [-0.1, -0.05) is 18.2 Å². The van der Waals surface area contributed by atoms with E-state index in [1.165, 1.54) is 0 Å². The molecule has 0 saturated heterocycles. The number of amides is 2. The Balaban J connectivity index is 1.92. The normalized spacial score (nSPS) is 12.1. The molecule has 3 N–H and O–H groups in total. The van der Waals surface area contributed by atoms with Crippen molar-refractivity contribution in [1.82, 2.24) is 10.6 Å². The summed E-state index contributed by atoms with van der Waals surface area (Å²) in [6.07, 6.45) is -0.105. The second-order valence-corrected chi connectivity index (χ2v) is 4.45. The number of benzene rings is 1. The Labute approximate surface area is 115 Å². The SMILES string of the molecule is C[C@@H](NC(=O)NCCC(=O)O)c1cc2ccccc2o1. The van der Waals surface area contributed by atoms with E-state index < -0.39 is 12.0 Å². The van der Waals surface area contributed by atoms with Crippen LogP contribution < -0.4 is 10.6 Å². The summed E-state index contributed by atoms with van der Waals surface area (Å²) in [4.78, 5) is 21.9. The van der Waals surface area contributed by atoms with Crippen molar-refractivity contribution in [3.8, 4) is 0 Å². The topological polar surface area (TPSA) is 91.6 Å². The van der Waals surface area contributed by atoms with Gasteiger partial charge in [0.25, 0.3) is 0 Å². The third kappa shape index (κ3) is 3.50. The van der Waals surface area contributed by atoms with Gasteiger partial charge >= 0.3 is 12.0 Å². The molecule has 0 aliphatic heterocycles. The number of carbonyl (C=O) groups excluding carboxylic acids is 1. The summed E-state index contributed by atoms with van der Waals surface area (Å²) in [5.41, 5.74) is 0.766. The molecular weight excluding hydrogens is 260 g/mol. The standard InChI is InChI=1S/C14H16N2O4/c1-9(16-14(19)15-7-6-13(17)18)12-8-10-4-2-3-5-11(10)20-12/h2-5,8-9H,6-7H2,1H3,(H,17,18)(H2,15,16,19)/t9-/m1/s1. The van der Waals surface area contributed by atoms with Crippen molar-refractivity contribution in [3.63, 3.8) is 0 Å². The number of hydrogen-bond acceptors (Lipinski definition) is 3. The molecule has 1 heterocycles. The summed E-state index contributed by atoms with van der Waals surface area (Å²) >= 11 is 0. The molecule has 0 saturated carbocycles. The molecule has 1 atom stereocenters. The first-order valence-electron chi connectivity index (χ1n) is 6.31. The number of aliphatic carboxylic acids is 1. The predicted octanol–water partition coefficient (Wildman–Crippen LogP) is 2.27. The second-order valence-electron chi connectivity index (χ2n) is 4.45.